The number of carbonyl (C=O) groups is 2. The third-order valence-corrected chi connectivity index (χ3v) is 5.71. The molecule has 8 heteroatoms. The summed E-state index contributed by atoms with van der Waals surface area (Å²) in [6.45, 7) is 2.95. The van der Waals surface area contributed by atoms with E-state index in [4.69, 9.17) is 11.6 Å². The first kappa shape index (κ1) is 18.7. The summed E-state index contributed by atoms with van der Waals surface area (Å²) in [5.74, 6) is -0.909. The number of piperazine rings is 1. The predicted molar refractivity (Wildman–Crippen MR) is 103 cm³/mol. The van der Waals surface area contributed by atoms with Gasteiger partial charge in [0.2, 0.25) is 5.91 Å². The summed E-state index contributed by atoms with van der Waals surface area (Å²) >= 11 is 5.81. The van der Waals surface area contributed by atoms with Gasteiger partial charge in [0, 0.05) is 5.69 Å². The first-order valence-corrected chi connectivity index (χ1v) is 9.52. The van der Waals surface area contributed by atoms with Gasteiger partial charge in [-0.05, 0) is 42.5 Å². The van der Waals surface area contributed by atoms with Crippen LogP contribution >= 0.6 is 11.6 Å². The fourth-order valence-corrected chi connectivity index (χ4v) is 4.09. The summed E-state index contributed by atoms with van der Waals surface area (Å²) in [7, 11) is 0. The van der Waals surface area contributed by atoms with Crippen molar-refractivity contribution in [2.45, 2.75) is 12.5 Å². The van der Waals surface area contributed by atoms with Crippen molar-refractivity contribution in [1.29, 1.82) is 0 Å². The van der Waals surface area contributed by atoms with Gasteiger partial charge in [-0.3, -0.25) is 9.59 Å². The molecular formula is C20H20ClFN3O3+. The lowest BCUT2D eigenvalue weighted by molar-refractivity contribution is -0.915. The van der Waals surface area contributed by atoms with Gasteiger partial charge in [0.15, 0.2) is 6.04 Å². The predicted octanol–water partition coefficient (Wildman–Crippen LogP) is 1.22. The normalized spacial score (nSPS) is 20.9. The number of phenols is 1. The Labute approximate surface area is 166 Å². The number of carbonyl (C=O) groups excluding carboxylic acids is 2. The summed E-state index contributed by atoms with van der Waals surface area (Å²) in [6.07, 6.45) is 0.141. The van der Waals surface area contributed by atoms with Crippen molar-refractivity contribution in [3.63, 3.8) is 0 Å². The molecule has 0 radical (unpaired) electrons. The van der Waals surface area contributed by atoms with Crippen LogP contribution in [0.1, 0.15) is 6.42 Å². The number of benzene rings is 2. The number of nitrogens with zero attached hydrogens (tertiary/aromatic N) is 2. The molecule has 28 heavy (non-hydrogen) atoms. The van der Waals surface area contributed by atoms with Crippen LogP contribution in [0.2, 0.25) is 5.02 Å². The van der Waals surface area contributed by atoms with Crippen LogP contribution in [0.5, 0.6) is 5.75 Å². The number of nitrogens with one attached hydrogen (secondary N) is 1. The first-order valence-electron chi connectivity index (χ1n) is 9.14. The molecule has 2 aliphatic rings. The number of anilines is 2. The van der Waals surface area contributed by atoms with E-state index in [1.54, 1.807) is 12.1 Å². The van der Waals surface area contributed by atoms with Crippen LogP contribution in [-0.2, 0) is 9.59 Å². The van der Waals surface area contributed by atoms with Gasteiger partial charge in [-0.25, -0.2) is 9.29 Å². The van der Waals surface area contributed by atoms with E-state index < -0.39 is 11.9 Å². The standard InChI is InChI=1S/C20H19ClFN3O3/c21-16-11-14(3-6-17(16)22)25-19(27)12-18(20(25)28)24-9-7-23(8-10-24)13-1-4-15(26)5-2-13/h1-6,11,18,26H,7-10,12H2/p+1/t18-/m0/s1. The Balaban J connectivity index is 1.44. The minimum atomic E-state index is -0.586. The molecule has 4 rings (SSSR count). The molecule has 0 aromatic heterocycles. The zero-order chi connectivity index (χ0) is 19.8. The van der Waals surface area contributed by atoms with E-state index >= 15 is 0 Å². The summed E-state index contributed by atoms with van der Waals surface area (Å²) in [6, 6.07) is 10.5. The van der Waals surface area contributed by atoms with Crippen molar-refractivity contribution in [2.24, 2.45) is 0 Å². The van der Waals surface area contributed by atoms with Crippen molar-refractivity contribution in [3.05, 3.63) is 53.3 Å². The lowest BCUT2D eigenvalue weighted by atomic mass is 10.1. The number of halogens is 2. The van der Waals surface area contributed by atoms with E-state index in [0.717, 1.165) is 47.7 Å². The summed E-state index contributed by atoms with van der Waals surface area (Å²) in [5.41, 5.74) is 1.33. The van der Waals surface area contributed by atoms with E-state index in [2.05, 4.69) is 4.90 Å². The number of amides is 2. The largest absolute Gasteiger partial charge is 0.508 e. The molecule has 0 spiro atoms. The Morgan fingerprint density at radius 2 is 1.68 bits per heavy atom. The Kier molecular flexibility index (Phi) is 4.95. The van der Waals surface area contributed by atoms with E-state index in [9.17, 15) is 19.1 Å². The van der Waals surface area contributed by atoms with Crippen molar-refractivity contribution in [2.75, 3.05) is 36.0 Å². The second kappa shape index (κ2) is 7.41. The van der Waals surface area contributed by atoms with Gasteiger partial charge in [0.25, 0.3) is 5.91 Å². The third-order valence-electron chi connectivity index (χ3n) is 5.42. The second-order valence-electron chi connectivity index (χ2n) is 7.08. The molecular weight excluding hydrogens is 385 g/mol. The van der Waals surface area contributed by atoms with Gasteiger partial charge in [0.05, 0.1) is 43.3 Å². The SMILES string of the molecule is O=C1C[C@H]([NH+]2CCN(c3ccc(O)cc3)CC2)C(=O)N1c1ccc(F)c(Cl)c1. The van der Waals surface area contributed by atoms with Crippen LogP contribution in [0.15, 0.2) is 42.5 Å². The first-order chi connectivity index (χ1) is 13.4. The number of hydrogen-bond acceptors (Lipinski definition) is 4. The highest BCUT2D eigenvalue weighted by Gasteiger charge is 2.46. The van der Waals surface area contributed by atoms with Crippen molar-refractivity contribution >= 4 is 34.8 Å². The molecule has 146 valence electrons. The van der Waals surface area contributed by atoms with Crippen LogP contribution < -0.4 is 14.7 Å². The summed E-state index contributed by atoms with van der Waals surface area (Å²) in [4.78, 5) is 29.8. The van der Waals surface area contributed by atoms with Crippen molar-refractivity contribution < 1.29 is 24.0 Å². The fraction of sp³-hybridized carbons (Fsp3) is 0.300. The van der Waals surface area contributed by atoms with Gasteiger partial charge in [-0.2, -0.15) is 0 Å². The van der Waals surface area contributed by atoms with Gasteiger partial charge < -0.3 is 14.9 Å². The highest BCUT2D eigenvalue weighted by atomic mass is 35.5. The molecule has 2 amide bonds. The number of imide groups is 1. The number of phenolic OH excluding ortho intramolecular Hbond substituents is 1. The third kappa shape index (κ3) is 3.43. The van der Waals surface area contributed by atoms with Crippen LogP contribution in [0.25, 0.3) is 0 Å². The van der Waals surface area contributed by atoms with Crippen molar-refractivity contribution in [1.82, 2.24) is 0 Å². The van der Waals surface area contributed by atoms with E-state index in [1.807, 2.05) is 12.1 Å². The Morgan fingerprint density at radius 1 is 1.04 bits per heavy atom. The lowest BCUT2D eigenvalue weighted by Crippen LogP contribution is -3.19. The van der Waals surface area contributed by atoms with Crippen molar-refractivity contribution in [3.8, 4) is 5.75 Å². The summed E-state index contributed by atoms with van der Waals surface area (Å²) < 4.78 is 13.4. The molecule has 2 aromatic carbocycles. The van der Waals surface area contributed by atoms with Crippen LogP contribution in [0.3, 0.4) is 0 Å². The molecule has 2 heterocycles. The molecule has 0 aliphatic carbocycles. The number of rotatable bonds is 3. The number of aromatic hydroxyl groups is 1. The second-order valence-corrected chi connectivity index (χ2v) is 7.49. The molecule has 0 unspecified atom stereocenters. The van der Waals surface area contributed by atoms with Crippen LogP contribution in [0.4, 0.5) is 15.8 Å². The average molecular weight is 405 g/mol. The Bertz CT molecular complexity index is 913. The monoisotopic (exact) mass is 404 g/mol. The lowest BCUT2D eigenvalue weighted by Gasteiger charge is -2.35. The van der Waals surface area contributed by atoms with Crippen LogP contribution in [0, 0.1) is 5.82 Å². The Hall–Kier alpha value is -2.64. The molecule has 6 nitrogen and oxygen atoms in total. The van der Waals surface area contributed by atoms with E-state index in [0.29, 0.717) is 5.69 Å². The van der Waals surface area contributed by atoms with Gasteiger partial charge in [0.1, 0.15) is 11.6 Å². The molecule has 0 saturated carbocycles. The van der Waals surface area contributed by atoms with Crippen LogP contribution in [-0.4, -0.2) is 49.1 Å². The minimum Gasteiger partial charge on any atom is -0.508 e. The van der Waals surface area contributed by atoms with Gasteiger partial charge >= 0.3 is 0 Å². The van der Waals surface area contributed by atoms with Gasteiger partial charge in [-0.1, -0.05) is 11.6 Å². The zero-order valence-corrected chi connectivity index (χ0v) is 15.8. The number of hydrogen-bond donors (Lipinski definition) is 2. The molecule has 2 aromatic rings. The molecule has 0 bridgehead atoms. The highest BCUT2D eigenvalue weighted by molar-refractivity contribution is 6.31. The molecule has 2 N–H and O–H groups in total. The zero-order valence-electron chi connectivity index (χ0n) is 15.1. The van der Waals surface area contributed by atoms with Gasteiger partial charge in [-0.15, -0.1) is 0 Å². The summed E-state index contributed by atoms with van der Waals surface area (Å²) in [5, 5.41) is 9.31. The topological polar surface area (TPSA) is 65.3 Å². The maximum absolute atomic E-state index is 13.4. The minimum absolute atomic E-state index is 0.114. The highest BCUT2D eigenvalue weighted by Crippen LogP contribution is 2.27. The quantitative estimate of drug-likeness (QED) is 0.755. The van der Waals surface area contributed by atoms with E-state index in [1.165, 1.54) is 12.1 Å². The smallest absolute Gasteiger partial charge is 0.292 e. The molecule has 2 aliphatic heterocycles. The number of quaternary nitrogens is 1. The fourth-order valence-electron chi connectivity index (χ4n) is 3.91. The Morgan fingerprint density at radius 3 is 2.32 bits per heavy atom. The molecule has 2 fully saturated rings. The maximum atomic E-state index is 13.4. The average Bonchev–Trinajstić information content (AvgIpc) is 2.99. The molecule has 2 saturated heterocycles. The molecule has 1 atom stereocenters. The van der Waals surface area contributed by atoms with E-state index in [-0.39, 0.29) is 29.0 Å². The maximum Gasteiger partial charge on any atom is 0.292 e.